The number of fused-ring (bicyclic) bond motifs is 1. The molecule has 1 aromatic rings. The molecule has 0 amide bonds. The summed E-state index contributed by atoms with van der Waals surface area (Å²) in [5, 5.41) is 9.93. The van der Waals surface area contributed by atoms with Gasteiger partial charge in [0.1, 0.15) is 0 Å². The Hall–Kier alpha value is -0.900. The van der Waals surface area contributed by atoms with Gasteiger partial charge in [0, 0.05) is 37.7 Å². The van der Waals surface area contributed by atoms with Crippen LogP contribution in [0.5, 0.6) is 0 Å². The summed E-state index contributed by atoms with van der Waals surface area (Å²) in [7, 11) is 0. The van der Waals surface area contributed by atoms with E-state index < -0.39 is 0 Å². The highest BCUT2D eigenvalue weighted by molar-refractivity contribution is 5.17. The van der Waals surface area contributed by atoms with Gasteiger partial charge < -0.3 is 10.0 Å². The highest BCUT2D eigenvalue weighted by atomic mass is 16.3. The van der Waals surface area contributed by atoms with Crippen molar-refractivity contribution in [3.8, 4) is 0 Å². The molecule has 3 rings (SSSR count). The van der Waals surface area contributed by atoms with E-state index in [1.165, 1.54) is 12.0 Å². The van der Waals surface area contributed by atoms with Crippen LogP contribution in [0.25, 0.3) is 0 Å². The third kappa shape index (κ3) is 2.95. The molecular formula is C20H32N2O. The van der Waals surface area contributed by atoms with Crippen LogP contribution in [0.15, 0.2) is 30.3 Å². The van der Waals surface area contributed by atoms with Crippen molar-refractivity contribution >= 4 is 0 Å². The summed E-state index contributed by atoms with van der Waals surface area (Å²) in [6.45, 7) is 11.6. The Morgan fingerprint density at radius 3 is 2.39 bits per heavy atom. The molecule has 0 radical (unpaired) electrons. The van der Waals surface area contributed by atoms with E-state index in [1.807, 2.05) is 0 Å². The summed E-state index contributed by atoms with van der Waals surface area (Å²) < 4.78 is 0. The van der Waals surface area contributed by atoms with Gasteiger partial charge in [-0.05, 0) is 36.9 Å². The van der Waals surface area contributed by atoms with Crippen LogP contribution in [0, 0.1) is 17.8 Å². The molecule has 0 aromatic heterocycles. The van der Waals surface area contributed by atoms with E-state index in [-0.39, 0.29) is 0 Å². The maximum Gasteiger partial charge on any atom is 0.0477 e. The second-order valence-electron chi connectivity index (χ2n) is 7.19. The molecule has 3 heteroatoms. The van der Waals surface area contributed by atoms with Crippen molar-refractivity contribution in [1.82, 2.24) is 9.80 Å². The van der Waals surface area contributed by atoms with Gasteiger partial charge in [0.2, 0.25) is 0 Å². The number of nitrogens with zero attached hydrogens (tertiary/aromatic N) is 2. The first-order valence-corrected chi connectivity index (χ1v) is 9.37. The highest BCUT2D eigenvalue weighted by Gasteiger charge is 2.59. The SMILES string of the molecule is CC[C@H]1[C@@H]2C(N(CC)CC)[C@H](CO)[C@@H]2CN1Cc1ccccc1. The molecule has 1 N–H and O–H groups in total. The van der Waals surface area contributed by atoms with Crippen LogP contribution in [0.1, 0.15) is 32.8 Å². The van der Waals surface area contributed by atoms with Crippen molar-refractivity contribution in [2.75, 3.05) is 26.2 Å². The summed E-state index contributed by atoms with van der Waals surface area (Å²) in [5.41, 5.74) is 1.41. The van der Waals surface area contributed by atoms with Crippen molar-refractivity contribution in [3.63, 3.8) is 0 Å². The van der Waals surface area contributed by atoms with E-state index in [0.717, 1.165) is 32.1 Å². The summed E-state index contributed by atoms with van der Waals surface area (Å²) in [4.78, 5) is 5.26. The molecule has 3 nitrogen and oxygen atoms in total. The Kier molecular flexibility index (Phi) is 5.40. The smallest absolute Gasteiger partial charge is 0.0477 e. The van der Waals surface area contributed by atoms with E-state index in [9.17, 15) is 5.11 Å². The van der Waals surface area contributed by atoms with Gasteiger partial charge in [-0.15, -0.1) is 0 Å². The number of aliphatic hydroxyl groups is 1. The Bertz CT molecular complexity index is 488. The topological polar surface area (TPSA) is 26.7 Å². The molecular weight excluding hydrogens is 284 g/mol. The third-order valence-corrected chi connectivity index (χ3v) is 6.33. The van der Waals surface area contributed by atoms with Crippen molar-refractivity contribution in [2.45, 2.75) is 45.8 Å². The van der Waals surface area contributed by atoms with Crippen molar-refractivity contribution < 1.29 is 5.11 Å². The van der Waals surface area contributed by atoms with Gasteiger partial charge in [-0.1, -0.05) is 51.1 Å². The number of benzene rings is 1. The van der Waals surface area contributed by atoms with E-state index in [4.69, 9.17) is 0 Å². The number of likely N-dealkylation sites (tertiary alicyclic amines) is 1. The fourth-order valence-electron chi connectivity index (χ4n) is 5.28. The van der Waals surface area contributed by atoms with Crippen LogP contribution in [0.3, 0.4) is 0 Å². The molecule has 1 saturated carbocycles. The van der Waals surface area contributed by atoms with Gasteiger partial charge in [-0.25, -0.2) is 0 Å². The van der Waals surface area contributed by atoms with Gasteiger partial charge in [0.05, 0.1) is 0 Å². The number of aliphatic hydroxyl groups excluding tert-OH is 1. The molecule has 1 aromatic carbocycles. The van der Waals surface area contributed by atoms with Crippen molar-refractivity contribution in [1.29, 1.82) is 0 Å². The number of hydrogen-bond acceptors (Lipinski definition) is 3. The largest absolute Gasteiger partial charge is 0.396 e. The zero-order valence-corrected chi connectivity index (χ0v) is 14.9. The van der Waals surface area contributed by atoms with Gasteiger partial charge in [-0.2, -0.15) is 0 Å². The van der Waals surface area contributed by atoms with Gasteiger partial charge in [0.15, 0.2) is 0 Å². The monoisotopic (exact) mass is 316 g/mol. The molecule has 1 aliphatic carbocycles. The first-order valence-electron chi connectivity index (χ1n) is 9.37. The molecule has 23 heavy (non-hydrogen) atoms. The molecule has 5 atom stereocenters. The summed E-state index contributed by atoms with van der Waals surface area (Å²) in [6.07, 6.45) is 1.21. The number of hydrogen-bond donors (Lipinski definition) is 1. The first kappa shape index (κ1) is 16.9. The Labute approximate surface area is 141 Å². The standard InChI is InChI=1S/C20H32N2O/c1-4-18-19-16(17(14-23)20(19)21(5-2)6-3)13-22(18)12-15-10-8-7-9-11-15/h7-11,16-20,23H,4-6,12-14H2,1-3H3/t16-,17+,18-,19+,20?/m0/s1. The van der Waals surface area contributed by atoms with Crippen LogP contribution >= 0.6 is 0 Å². The molecule has 1 unspecified atom stereocenters. The van der Waals surface area contributed by atoms with E-state index in [2.05, 4.69) is 60.9 Å². The van der Waals surface area contributed by atoms with Crippen LogP contribution < -0.4 is 0 Å². The molecule has 1 aliphatic heterocycles. The summed E-state index contributed by atoms with van der Waals surface area (Å²) in [6, 6.07) is 12.1. The molecule has 1 saturated heterocycles. The first-order chi connectivity index (χ1) is 11.2. The van der Waals surface area contributed by atoms with Crippen LogP contribution in [-0.2, 0) is 6.54 Å². The Balaban J connectivity index is 1.77. The molecule has 0 spiro atoms. The second-order valence-corrected chi connectivity index (χ2v) is 7.19. The lowest BCUT2D eigenvalue weighted by Gasteiger charge is -2.54. The molecule has 0 bridgehead atoms. The van der Waals surface area contributed by atoms with Crippen molar-refractivity contribution in [3.05, 3.63) is 35.9 Å². The fourth-order valence-corrected chi connectivity index (χ4v) is 5.28. The van der Waals surface area contributed by atoms with Gasteiger partial charge in [0.25, 0.3) is 0 Å². The average molecular weight is 316 g/mol. The van der Waals surface area contributed by atoms with Crippen LogP contribution in [0.2, 0.25) is 0 Å². The molecule has 2 aliphatic rings. The van der Waals surface area contributed by atoms with Gasteiger partial charge >= 0.3 is 0 Å². The van der Waals surface area contributed by atoms with Crippen LogP contribution in [-0.4, -0.2) is 53.2 Å². The normalized spacial score (nSPS) is 33.7. The van der Waals surface area contributed by atoms with Crippen molar-refractivity contribution in [2.24, 2.45) is 17.8 Å². The summed E-state index contributed by atoms with van der Waals surface area (Å²) >= 11 is 0. The predicted octanol–water partition coefficient (Wildman–Crippen LogP) is 2.85. The predicted molar refractivity (Wildman–Crippen MR) is 95.2 cm³/mol. The maximum absolute atomic E-state index is 9.93. The minimum atomic E-state index is 0.345. The molecule has 2 fully saturated rings. The average Bonchev–Trinajstić information content (AvgIpc) is 2.87. The van der Waals surface area contributed by atoms with E-state index >= 15 is 0 Å². The van der Waals surface area contributed by atoms with Gasteiger partial charge in [-0.3, -0.25) is 4.90 Å². The minimum absolute atomic E-state index is 0.345. The third-order valence-electron chi connectivity index (χ3n) is 6.33. The Morgan fingerprint density at radius 2 is 1.83 bits per heavy atom. The fraction of sp³-hybridized carbons (Fsp3) is 0.700. The lowest BCUT2D eigenvalue weighted by Crippen LogP contribution is -2.62. The van der Waals surface area contributed by atoms with E-state index in [0.29, 0.717) is 30.5 Å². The molecule has 1 heterocycles. The zero-order valence-electron chi connectivity index (χ0n) is 14.9. The van der Waals surface area contributed by atoms with E-state index in [1.54, 1.807) is 0 Å². The minimum Gasteiger partial charge on any atom is -0.396 e. The second kappa shape index (κ2) is 7.33. The quantitative estimate of drug-likeness (QED) is 0.838. The van der Waals surface area contributed by atoms with Crippen LogP contribution in [0.4, 0.5) is 0 Å². The summed E-state index contributed by atoms with van der Waals surface area (Å²) in [5.74, 6) is 1.88. The molecule has 128 valence electrons. The Morgan fingerprint density at radius 1 is 1.13 bits per heavy atom. The number of rotatable bonds is 7. The lowest BCUT2D eigenvalue weighted by molar-refractivity contribution is -0.0705. The maximum atomic E-state index is 9.93. The lowest BCUT2D eigenvalue weighted by atomic mass is 9.59. The highest BCUT2D eigenvalue weighted by Crippen LogP contribution is 2.52. The zero-order chi connectivity index (χ0) is 16.4.